The van der Waals surface area contributed by atoms with E-state index in [1.54, 1.807) is 43.5 Å². The Morgan fingerprint density at radius 1 is 1.00 bits per heavy atom. The number of hydrogen-bond acceptors (Lipinski definition) is 8. The largest absolute Gasteiger partial charge is 0.497 e. The molecule has 4 rings (SSSR count). The number of carboxylic acids is 1. The summed E-state index contributed by atoms with van der Waals surface area (Å²) in [5.74, 6) is -2.57. The first-order valence-electron chi connectivity index (χ1n) is 14.3. The maximum absolute atomic E-state index is 14.0. The molecule has 0 bridgehead atoms. The van der Waals surface area contributed by atoms with Crippen molar-refractivity contribution >= 4 is 29.7 Å². The quantitative estimate of drug-likeness (QED) is 0.326. The first kappa shape index (κ1) is 31.5. The van der Waals surface area contributed by atoms with Crippen LogP contribution >= 0.6 is 0 Å². The van der Waals surface area contributed by atoms with Crippen molar-refractivity contribution in [1.82, 2.24) is 20.4 Å². The van der Waals surface area contributed by atoms with E-state index in [1.807, 2.05) is 12.1 Å². The third-order valence-corrected chi connectivity index (χ3v) is 7.97. The van der Waals surface area contributed by atoms with Crippen molar-refractivity contribution in [3.63, 3.8) is 0 Å². The molecular formula is C31H38N4O8. The minimum atomic E-state index is -1.27. The monoisotopic (exact) mass is 594 g/mol. The third-order valence-electron chi connectivity index (χ3n) is 7.97. The van der Waals surface area contributed by atoms with Gasteiger partial charge in [-0.25, -0.2) is 0 Å². The number of aliphatic carboxylic acids is 1. The number of ether oxygens (including phenoxy) is 2. The van der Waals surface area contributed by atoms with E-state index in [9.17, 15) is 29.1 Å². The van der Waals surface area contributed by atoms with Crippen molar-refractivity contribution in [2.45, 2.75) is 43.7 Å². The molecule has 2 saturated heterocycles. The van der Waals surface area contributed by atoms with Crippen LogP contribution in [0.1, 0.15) is 46.7 Å². The lowest BCUT2D eigenvalue weighted by Gasteiger charge is -2.41. The van der Waals surface area contributed by atoms with Gasteiger partial charge in [0, 0.05) is 25.1 Å². The fourth-order valence-electron chi connectivity index (χ4n) is 5.56. The smallest absolute Gasteiger partial charge is 0.323 e. The van der Waals surface area contributed by atoms with E-state index in [4.69, 9.17) is 9.47 Å². The number of methoxy groups -OCH3 is 2. The Morgan fingerprint density at radius 2 is 1.67 bits per heavy atom. The molecule has 2 aromatic rings. The number of rotatable bonds is 11. The van der Waals surface area contributed by atoms with Gasteiger partial charge in [-0.05, 0) is 67.2 Å². The third kappa shape index (κ3) is 8.10. The summed E-state index contributed by atoms with van der Waals surface area (Å²) in [6.45, 7) is 1.30. The molecule has 2 aliphatic heterocycles. The number of amides is 3. The molecule has 2 fully saturated rings. The highest BCUT2D eigenvalue weighted by Gasteiger charge is 2.42. The van der Waals surface area contributed by atoms with Gasteiger partial charge in [0.2, 0.25) is 11.8 Å². The van der Waals surface area contributed by atoms with Gasteiger partial charge in [-0.3, -0.25) is 24.0 Å². The lowest BCUT2D eigenvalue weighted by Crippen LogP contribution is -2.63. The van der Waals surface area contributed by atoms with E-state index >= 15 is 0 Å². The Hall–Kier alpha value is -4.45. The topological polar surface area (TPSA) is 155 Å². The second-order valence-corrected chi connectivity index (χ2v) is 10.7. The lowest BCUT2D eigenvalue weighted by molar-refractivity contribution is -0.159. The zero-order valence-corrected chi connectivity index (χ0v) is 24.4. The summed E-state index contributed by atoms with van der Waals surface area (Å²) in [5.41, 5.74) is 2.28. The molecule has 0 aliphatic carbocycles. The molecule has 1 unspecified atom stereocenters. The van der Waals surface area contributed by atoms with E-state index in [2.05, 4.69) is 10.6 Å². The van der Waals surface area contributed by atoms with Crippen molar-refractivity contribution in [1.29, 1.82) is 0 Å². The number of hydrogen-bond donors (Lipinski definition) is 3. The number of nitrogens with zero attached hydrogens (tertiary/aromatic N) is 2. The first-order valence-corrected chi connectivity index (χ1v) is 14.3. The van der Waals surface area contributed by atoms with Crippen LogP contribution in [-0.4, -0.2) is 104 Å². The van der Waals surface area contributed by atoms with E-state index < -0.39 is 54.7 Å². The minimum Gasteiger partial charge on any atom is -0.497 e. The molecule has 3 N–H and O–H groups in total. The van der Waals surface area contributed by atoms with E-state index in [1.165, 1.54) is 12.0 Å². The highest BCUT2D eigenvalue weighted by atomic mass is 16.5. The molecule has 2 aliphatic rings. The number of piperazine rings is 1. The van der Waals surface area contributed by atoms with Gasteiger partial charge >= 0.3 is 11.9 Å². The van der Waals surface area contributed by atoms with Crippen LogP contribution in [0.4, 0.5) is 0 Å². The van der Waals surface area contributed by atoms with Gasteiger partial charge in [-0.1, -0.05) is 24.3 Å². The summed E-state index contributed by atoms with van der Waals surface area (Å²) in [6.07, 6.45) is 1.71. The molecule has 12 heteroatoms. The van der Waals surface area contributed by atoms with E-state index in [-0.39, 0.29) is 19.5 Å². The van der Waals surface area contributed by atoms with Crippen LogP contribution in [0.2, 0.25) is 0 Å². The number of carbonyl (C=O) groups is 5. The zero-order valence-electron chi connectivity index (χ0n) is 24.4. The van der Waals surface area contributed by atoms with Crippen molar-refractivity contribution < 1.29 is 38.6 Å². The van der Waals surface area contributed by atoms with Crippen molar-refractivity contribution in [3.8, 4) is 5.75 Å². The van der Waals surface area contributed by atoms with Gasteiger partial charge in [-0.15, -0.1) is 0 Å². The number of carbonyl (C=O) groups excluding carboxylic acids is 4. The summed E-state index contributed by atoms with van der Waals surface area (Å²) in [7, 11) is 2.71. The highest BCUT2D eigenvalue weighted by Crippen LogP contribution is 2.25. The Labute approximate surface area is 250 Å². The molecule has 2 atom stereocenters. The SMILES string of the molecule is COC(=O)C[C@H]1C(=O)N(CC(=O)O)CCN1C(=O)C(Cc1ccc(OC)cc1)NC(=O)c1ccc(C2CCNCC2)cc1. The van der Waals surface area contributed by atoms with Crippen LogP contribution in [0.3, 0.4) is 0 Å². The normalized spacial score (nSPS) is 18.1. The molecule has 2 aromatic carbocycles. The van der Waals surface area contributed by atoms with Crippen LogP contribution in [0.15, 0.2) is 48.5 Å². The van der Waals surface area contributed by atoms with Gasteiger partial charge in [0.15, 0.2) is 0 Å². The van der Waals surface area contributed by atoms with Crippen molar-refractivity contribution in [2.24, 2.45) is 0 Å². The van der Waals surface area contributed by atoms with Gasteiger partial charge in [-0.2, -0.15) is 0 Å². The molecule has 12 nitrogen and oxygen atoms in total. The Bertz CT molecular complexity index is 1310. The number of nitrogens with one attached hydrogen (secondary N) is 2. The standard InChI is InChI=1S/C31H38N4O8/c1-42-24-9-3-20(4-10-24)17-25(33-29(39)23-7-5-21(6-8-23)22-11-13-32-14-12-22)30(40)35-16-15-34(19-27(36)37)31(41)26(35)18-28(38)43-2/h3-10,22,25-26,32H,11-19H2,1-2H3,(H,33,39)(H,36,37)/t25?,26-/m0/s1. The maximum Gasteiger partial charge on any atom is 0.323 e. The van der Waals surface area contributed by atoms with E-state index in [0.29, 0.717) is 17.2 Å². The number of carboxylic acid groups (broad SMARTS) is 1. The summed E-state index contributed by atoms with van der Waals surface area (Å²) in [5, 5.41) is 15.4. The molecule has 0 aromatic heterocycles. The molecule has 0 spiro atoms. The van der Waals surface area contributed by atoms with Gasteiger partial charge in [0.1, 0.15) is 24.4 Å². The van der Waals surface area contributed by atoms with E-state index in [0.717, 1.165) is 42.0 Å². The van der Waals surface area contributed by atoms with Crippen molar-refractivity contribution in [2.75, 3.05) is 46.9 Å². The summed E-state index contributed by atoms with van der Waals surface area (Å²) >= 11 is 0. The van der Waals surface area contributed by atoms with Crippen LogP contribution in [0, 0.1) is 0 Å². The van der Waals surface area contributed by atoms with Gasteiger partial charge in [0.25, 0.3) is 5.91 Å². The average molecular weight is 595 g/mol. The van der Waals surface area contributed by atoms with Gasteiger partial charge in [0.05, 0.1) is 20.6 Å². The predicted octanol–water partition coefficient (Wildman–Crippen LogP) is 1.19. The van der Waals surface area contributed by atoms with Crippen LogP contribution in [0.25, 0.3) is 0 Å². The fraction of sp³-hybridized carbons (Fsp3) is 0.452. The number of piperidine rings is 1. The number of esters is 1. The average Bonchev–Trinajstić information content (AvgIpc) is 3.03. The lowest BCUT2D eigenvalue weighted by atomic mass is 9.90. The molecule has 3 amide bonds. The van der Waals surface area contributed by atoms with Gasteiger partial charge < -0.3 is 35.0 Å². The zero-order chi connectivity index (χ0) is 30.9. The summed E-state index contributed by atoms with van der Waals surface area (Å²) in [4.78, 5) is 66.6. The first-order chi connectivity index (χ1) is 20.7. The summed E-state index contributed by atoms with van der Waals surface area (Å²) in [6, 6.07) is 12.1. The molecule has 0 saturated carbocycles. The Balaban J connectivity index is 1.58. The minimum absolute atomic E-state index is 0.0144. The highest BCUT2D eigenvalue weighted by molar-refractivity contribution is 5.99. The van der Waals surface area contributed by atoms with Crippen LogP contribution < -0.4 is 15.4 Å². The molecular weight excluding hydrogens is 556 g/mol. The Morgan fingerprint density at radius 3 is 2.28 bits per heavy atom. The molecule has 43 heavy (non-hydrogen) atoms. The summed E-state index contributed by atoms with van der Waals surface area (Å²) < 4.78 is 9.98. The Kier molecular flexibility index (Phi) is 10.7. The second-order valence-electron chi connectivity index (χ2n) is 10.7. The number of benzene rings is 2. The second kappa shape index (κ2) is 14.6. The molecule has 230 valence electrons. The van der Waals surface area contributed by atoms with Crippen LogP contribution in [0.5, 0.6) is 5.75 Å². The van der Waals surface area contributed by atoms with Crippen LogP contribution in [-0.2, 0) is 30.3 Å². The van der Waals surface area contributed by atoms with Crippen molar-refractivity contribution in [3.05, 3.63) is 65.2 Å². The molecule has 2 heterocycles. The molecule has 0 radical (unpaired) electrons. The fourth-order valence-corrected chi connectivity index (χ4v) is 5.56. The predicted molar refractivity (Wildman–Crippen MR) is 156 cm³/mol. The maximum atomic E-state index is 14.0.